The van der Waals surface area contributed by atoms with Gasteiger partial charge in [0.15, 0.2) is 0 Å². The molecule has 2 amide bonds. The number of rotatable bonds is 13. The number of alkyl carbamates (subject to hydrolysis) is 1. The van der Waals surface area contributed by atoms with E-state index < -0.39 is 17.5 Å². The smallest absolute Gasteiger partial charge is 0.407 e. The second kappa shape index (κ2) is 15.9. The molecule has 0 aliphatic carbocycles. The van der Waals surface area contributed by atoms with Crippen LogP contribution in [0.15, 0.2) is 121 Å². The lowest BCUT2D eigenvalue weighted by atomic mass is 9.92. The predicted molar refractivity (Wildman–Crippen MR) is 184 cm³/mol. The van der Waals surface area contributed by atoms with Crippen molar-refractivity contribution >= 4 is 29.3 Å². The van der Waals surface area contributed by atoms with Crippen LogP contribution in [0, 0.1) is 11.3 Å². The zero-order chi connectivity index (χ0) is 32.9. The summed E-state index contributed by atoms with van der Waals surface area (Å²) in [6.07, 6.45) is 0.942. The fourth-order valence-corrected chi connectivity index (χ4v) is 4.88. The summed E-state index contributed by atoms with van der Waals surface area (Å²) < 4.78 is 5.29. The summed E-state index contributed by atoms with van der Waals surface area (Å²) in [7, 11) is 0. The van der Waals surface area contributed by atoms with Gasteiger partial charge in [0.05, 0.1) is 12.1 Å². The standard InChI is InChI=1S/C39H40N4O3/c1-29(2)33-16-11-17-35(25-33)39(3,4)42-38(45)46-23-22-41-37(44)34(26-40)24-30-18-20-36(21-19-30)43(27-31-12-7-5-8-13-31)28-32-14-9-6-10-15-32/h5-21,24-25H,1,22-23,27-28H2,2-4H3,(H,41,44)(H,42,45)/b34-24+. The van der Waals surface area contributed by atoms with E-state index in [2.05, 4.69) is 46.4 Å². The van der Waals surface area contributed by atoms with Crippen molar-refractivity contribution in [1.82, 2.24) is 10.6 Å². The molecule has 0 saturated carbocycles. The summed E-state index contributed by atoms with van der Waals surface area (Å²) in [6.45, 7) is 11.1. The average Bonchev–Trinajstić information content (AvgIpc) is 3.06. The van der Waals surface area contributed by atoms with Crippen molar-refractivity contribution in [3.63, 3.8) is 0 Å². The lowest BCUT2D eigenvalue weighted by Gasteiger charge is -2.27. The molecule has 0 radical (unpaired) electrons. The minimum Gasteiger partial charge on any atom is -0.448 e. The molecule has 234 valence electrons. The van der Waals surface area contributed by atoms with Gasteiger partial charge in [0.25, 0.3) is 5.91 Å². The molecule has 0 aromatic heterocycles. The van der Waals surface area contributed by atoms with Gasteiger partial charge in [-0.25, -0.2) is 4.79 Å². The van der Waals surface area contributed by atoms with Gasteiger partial charge in [-0.05, 0) is 72.9 Å². The molecule has 0 aliphatic rings. The minimum absolute atomic E-state index is 0.0406. The number of allylic oxidation sites excluding steroid dienone is 1. The number of carbonyl (C=O) groups excluding carboxylic acids is 2. The predicted octanol–water partition coefficient (Wildman–Crippen LogP) is 7.61. The Labute approximate surface area is 271 Å². The molecule has 0 spiro atoms. The average molecular weight is 613 g/mol. The number of nitriles is 1. The van der Waals surface area contributed by atoms with E-state index in [-0.39, 0.29) is 18.7 Å². The van der Waals surface area contributed by atoms with Crippen LogP contribution >= 0.6 is 0 Å². The molecule has 0 aliphatic heterocycles. The van der Waals surface area contributed by atoms with Crippen molar-refractivity contribution in [2.75, 3.05) is 18.1 Å². The highest BCUT2D eigenvalue weighted by Gasteiger charge is 2.24. The summed E-state index contributed by atoms with van der Waals surface area (Å²) in [5, 5.41) is 15.2. The number of ether oxygens (including phenoxy) is 1. The molecule has 7 heteroatoms. The molecule has 4 rings (SSSR count). The molecule has 0 fully saturated rings. The third-order valence-electron chi connectivity index (χ3n) is 7.48. The fraction of sp³-hybridized carbons (Fsp3) is 0.205. The number of benzene rings is 4. The molecule has 46 heavy (non-hydrogen) atoms. The number of nitrogens with zero attached hydrogens (tertiary/aromatic N) is 2. The third kappa shape index (κ3) is 9.70. The van der Waals surface area contributed by atoms with Gasteiger partial charge in [0.2, 0.25) is 0 Å². The topological polar surface area (TPSA) is 94.5 Å². The molecule has 4 aromatic carbocycles. The van der Waals surface area contributed by atoms with E-state index in [0.717, 1.165) is 41.0 Å². The Balaban J connectivity index is 1.32. The maximum Gasteiger partial charge on any atom is 0.407 e. The van der Waals surface area contributed by atoms with Gasteiger partial charge < -0.3 is 20.3 Å². The summed E-state index contributed by atoms with van der Waals surface area (Å²) in [6, 6.07) is 38.1. The number of anilines is 1. The van der Waals surface area contributed by atoms with Crippen LogP contribution in [-0.4, -0.2) is 25.2 Å². The van der Waals surface area contributed by atoms with Crippen LogP contribution in [0.3, 0.4) is 0 Å². The molecular formula is C39H40N4O3. The first-order valence-electron chi connectivity index (χ1n) is 15.2. The van der Waals surface area contributed by atoms with Gasteiger partial charge in [-0.2, -0.15) is 5.26 Å². The highest BCUT2D eigenvalue weighted by atomic mass is 16.5. The van der Waals surface area contributed by atoms with E-state index >= 15 is 0 Å². The number of hydrogen-bond acceptors (Lipinski definition) is 5. The highest BCUT2D eigenvalue weighted by Crippen LogP contribution is 2.24. The van der Waals surface area contributed by atoms with E-state index in [1.165, 1.54) is 11.1 Å². The molecule has 0 saturated heterocycles. The van der Waals surface area contributed by atoms with Crippen molar-refractivity contribution in [2.45, 2.75) is 39.4 Å². The third-order valence-corrected chi connectivity index (χ3v) is 7.48. The second-order valence-electron chi connectivity index (χ2n) is 11.6. The SMILES string of the molecule is C=C(C)c1cccc(C(C)(C)NC(=O)OCCNC(=O)/C(C#N)=C/c2ccc(N(Cc3ccccc3)Cc3ccccc3)cc2)c1. The molecule has 4 aromatic rings. The van der Waals surface area contributed by atoms with E-state index in [0.29, 0.717) is 0 Å². The van der Waals surface area contributed by atoms with Crippen LogP contribution in [0.4, 0.5) is 10.5 Å². The Hall–Kier alpha value is -5.61. The summed E-state index contributed by atoms with van der Waals surface area (Å²) in [4.78, 5) is 27.5. The highest BCUT2D eigenvalue weighted by molar-refractivity contribution is 6.01. The van der Waals surface area contributed by atoms with Gasteiger partial charge in [0, 0.05) is 18.8 Å². The van der Waals surface area contributed by atoms with E-state index in [1.54, 1.807) is 6.08 Å². The lowest BCUT2D eigenvalue weighted by Crippen LogP contribution is -2.42. The first-order chi connectivity index (χ1) is 22.1. The molecule has 0 bridgehead atoms. The van der Waals surface area contributed by atoms with Crippen LogP contribution in [0.25, 0.3) is 11.6 Å². The minimum atomic E-state index is -0.682. The molecule has 0 unspecified atom stereocenters. The largest absolute Gasteiger partial charge is 0.448 e. The molecule has 2 N–H and O–H groups in total. The van der Waals surface area contributed by atoms with Crippen molar-refractivity contribution in [3.05, 3.63) is 149 Å². The van der Waals surface area contributed by atoms with Gasteiger partial charge >= 0.3 is 6.09 Å². The van der Waals surface area contributed by atoms with Gasteiger partial charge in [-0.1, -0.05) is 103 Å². The van der Waals surface area contributed by atoms with Gasteiger partial charge in [-0.15, -0.1) is 0 Å². The fourth-order valence-electron chi connectivity index (χ4n) is 4.88. The normalized spacial score (nSPS) is 11.2. The Bertz CT molecular complexity index is 1660. The van der Waals surface area contributed by atoms with Crippen LogP contribution in [0.2, 0.25) is 0 Å². The number of carbonyl (C=O) groups is 2. The van der Waals surface area contributed by atoms with E-state index in [9.17, 15) is 14.9 Å². The Morgan fingerprint density at radius 1 is 0.891 bits per heavy atom. The zero-order valence-electron chi connectivity index (χ0n) is 26.6. The maximum absolute atomic E-state index is 12.7. The van der Waals surface area contributed by atoms with E-state index in [4.69, 9.17) is 4.74 Å². The summed E-state index contributed by atoms with van der Waals surface area (Å²) in [5.41, 5.74) is 6.26. The monoisotopic (exact) mass is 612 g/mol. The van der Waals surface area contributed by atoms with Crippen molar-refractivity contribution < 1.29 is 14.3 Å². The zero-order valence-corrected chi connectivity index (χ0v) is 26.6. The molecule has 0 atom stereocenters. The first kappa shape index (κ1) is 33.3. The van der Waals surface area contributed by atoms with Crippen LogP contribution in [-0.2, 0) is 28.2 Å². The van der Waals surface area contributed by atoms with Gasteiger partial charge in [0.1, 0.15) is 18.2 Å². The quantitative estimate of drug-likeness (QED) is 0.0921. The second-order valence-corrected chi connectivity index (χ2v) is 11.6. The summed E-state index contributed by atoms with van der Waals surface area (Å²) in [5.74, 6) is -0.540. The Morgan fingerprint density at radius 2 is 1.50 bits per heavy atom. The van der Waals surface area contributed by atoms with Crippen LogP contribution < -0.4 is 15.5 Å². The number of hydrogen-bond donors (Lipinski definition) is 2. The number of nitrogens with one attached hydrogen (secondary N) is 2. The lowest BCUT2D eigenvalue weighted by molar-refractivity contribution is -0.117. The Kier molecular flexibility index (Phi) is 11.5. The van der Waals surface area contributed by atoms with E-state index in [1.807, 2.05) is 112 Å². The molecule has 7 nitrogen and oxygen atoms in total. The summed E-state index contributed by atoms with van der Waals surface area (Å²) >= 11 is 0. The molecular weight excluding hydrogens is 572 g/mol. The van der Waals surface area contributed by atoms with Crippen molar-refractivity contribution in [2.24, 2.45) is 0 Å². The first-order valence-corrected chi connectivity index (χ1v) is 15.2. The van der Waals surface area contributed by atoms with Crippen molar-refractivity contribution in [3.8, 4) is 6.07 Å². The van der Waals surface area contributed by atoms with Crippen LogP contribution in [0.5, 0.6) is 0 Å². The van der Waals surface area contributed by atoms with Crippen molar-refractivity contribution in [1.29, 1.82) is 5.26 Å². The van der Waals surface area contributed by atoms with Crippen LogP contribution in [0.1, 0.15) is 48.6 Å². The molecule has 0 heterocycles. The Morgan fingerprint density at radius 3 is 2.07 bits per heavy atom. The maximum atomic E-state index is 12.7. The van der Waals surface area contributed by atoms with Gasteiger partial charge in [-0.3, -0.25) is 4.79 Å². The number of amides is 2.